The predicted octanol–water partition coefficient (Wildman–Crippen LogP) is 3.31. The Bertz CT molecular complexity index is 479. The van der Waals surface area contributed by atoms with Crippen molar-refractivity contribution in [2.24, 2.45) is 5.73 Å². The number of thiophene rings is 1. The molecule has 0 aliphatic rings. The number of rotatable bonds is 4. The van der Waals surface area contributed by atoms with E-state index in [9.17, 15) is 0 Å². The molecule has 2 rings (SSSR count). The number of hydrogen-bond acceptors (Lipinski definition) is 3. The van der Waals surface area contributed by atoms with Crippen LogP contribution in [0.2, 0.25) is 0 Å². The molecule has 2 N–H and O–H groups in total. The first-order chi connectivity index (χ1) is 8.20. The van der Waals surface area contributed by atoms with Crippen LogP contribution in [0.1, 0.15) is 22.0 Å². The standard InChI is InChI=1S/C14H17NOS/c1-10-5-6-12(14(8-10)16-2)13(15)9-11-4-3-7-17-11/h3-8,13H,9,15H2,1-2H3. The third-order valence-corrected chi connectivity index (χ3v) is 3.69. The molecule has 1 unspecified atom stereocenters. The summed E-state index contributed by atoms with van der Waals surface area (Å²) in [7, 11) is 1.69. The Kier molecular flexibility index (Phi) is 3.82. The van der Waals surface area contributed by atoms with Crippen LogP contribution in [0.4, 0.5) is 0 Å². The molecule has 1 aromatic carbocycles. The van der Waals surface area contributed by atoms with Crippen LogP contribution in [-0.4, -0.2) is 7.11 Å². The lowest BCUT2D eigenvalue weighted by atomic mass is 10.0. The minimum atomic E-state index is -0.0100. The maximum atomic E-state index is 6.24. The summed E-state index contributed by atoms with van der Waals surface area (Å²) in [5.74, 6) is 0.883. The SMILES string of the molecule is COc1cc(C)ccc1C(N)Cc1cccs1. The van der Waals surface area contributed by atoms with Gasteiger partial charge in [0, 0.05) is 22.9 Å². The van der Waals surface area contributed by atoms with Gasteiger partial charge in [-0.1, -0.05) is 18.2 Å². The van der Waals surface area contributed by atoms with Gasteiger partial charge in [0.25, 0.3) is 0 Å². The second-order valence-corrected chi connectivity index (χ2v) is 5.17. The fraction of sp³-hybridized carbons (Fsp3) is 0.286. The Balaban J connectivity index is 2.21. The Morgan fingerprint density at radius 3 is 2.82 bits per heavy atom. The number of hydrogen-bond donors (Lipinski definition) is 1. The second-order valence-electron chi connectivity index (χ2n) is 4.14. The normalized spacial score (nSPS) is 12.4. The highest BCUT2D eigenvalue weighted by molar-refractivity contribution is 7.09. The summed E-state index contributed by atoms with van der Waals surface area (Å²) in [5.41, 5.74) is 8.50. The number of benzene rings is 1. The monoisotopic (exact) mass is 247 g/mol. The maximum Gasteiger partial charge on any atom is 0.123 e. The molecule has 0 aliphatic heterocycles. The Labute approximate surface area is 106 Å². The van der Waals surface area contributed by atoms with Crippen LogP contribution in [0, 0.1) is 6.92 Å². The molecule has 3 heteroatoms. The zero-order chi connectivity index (χ0) is 12.3. The zero-order valence-electron chi connectivity index (χ0n) is 10.1. The van der Waals surface area contributed by atoms with Gasteiger partial charge in [-0.05, 0) is 30.0 Å². The maximum absolute atomic E-state index is 6.24. The van der Waals surface area contributed by atoms with Gasteiger partial charge in [-0.3, -0.25) is 0 Å². The lowest BCUT2D eigenvalue weighted by molar-refractivity contribution is 0.405. The van der Waals surface area contributed by atoms with Crippen LogP contribution < -0.4 is 10.5 Å². The number of ether oxygens (including phenoxy) is 1. The van der Waals surface area contributed by atoms with Crippen LogP contribution in [0.25, 0.3) is 0 Å². The molecular formula is C14H17NOS. The first kappa shape index (κ1) is 12.1. The lowest BCUT2D eigenvalue weighted by Crippen LogP contribution is -2.14. The molecule has 1 aromatic heterocycles. The van der Waals surface area contributed by atoms with E-state index in [1.54, 1.807) is 18.4 Å². The molecule has 0 spiro atoms. The van der Waals surface area contributed by atoms with Crippen molar-refractivity contribution in [3.63, 3.8) is 0 Å². The van der Waals surface area contributed by atoms with Gasteiger partial charge in [-0.25, -0.2) is 0 Å². The summed E-state index contributed by atoms with van der Waals surface area (Å²) in [6.07, 6.45) is 0.858. The van der Waals surface area contributed by atoms with Crippen molar-refractivity contribution in [1.82, 2.24) is 0 Å². The molecular weight excluding hydrogens is 230 g/mol. The lowest BCUT2D eigenvalue weighted by Gasteiger charge is -2.15. The average molecular weight is 247 g/mol. The predicted molar refractivity (Wildman–Crippen MR) is 72.7 cm³/mol. The fourth-order valence-electron chi connectivity index (χ4n) is 1.88. The summed E-state index contributed by atoms with van der Waals surface area (Å²) >= 11 is 1.74. The molecule has 1 heterocycles. The third-order valence-electron chi connectivity index (χ3n) is 2.79. The van der Waals surface area contributed by atoms with Crippen molar-refractivity contribution in [1.29, 1.82) is 0 Å². The number of nitrogens with two attached hydrogens (primary N) is 1. The van der Waals surface area contributed by atoms with Crippen molar-refractivity contribution in [3.05, 3.63) is 51.7 Å². The molecule has 2 aromatic rings. The van der Waals surface area contributed by atoms with E-state index < -0.39 is 0 Å². The minimum absolute atomic E-state index is 0.0100. The van der Waals surface area contributed by atoms with Gasteiger partial charge >= 0.3 is 0 Å². The summed E-state index contributed by atoms with van der Waals surface area (Å²) in [4.78, 5) is 1.31. The molecule has 1 atom stereocenters. The second kappa shape index (κ2) is 5.34. The van der Waals surface area contributed by atoms with Crippen molar-refractivity contribution in [3.8, 4) is 5.75 Å². The topological polar surface area (TPSA) is 35.2 Å². The van der Waals surface area contributed by atoms with Crippen LogP contribution >= 0.6 is 11.3 Å². The van der Waals surface area contributed by atoms with E-state index in [-0.39, 0.29) is 6.04 Å². The third kappa shape index (κ3) is 2.87. The molecule has 0 amide bonds. The highest BCUT2D eigenvalue weighted by atomic mass is 32.1. The largest absolute Gasteiger partial charge is 0.496 e. The van der Waals surface area contributed by atoms with E-state index in [4.69, 9.17) is 10.5 Å². The van der Waals surface area contributed by atoms with E-state index in [0.717, 1.165) is 17.7 Å². The van der Waals surface area contributed by atoms with E-state index in [1.165, 1.54) is 10.4 Å². The Morgan fingerprint density at radius 1 is 1.35 bits per heavy atom. The van der Waals surface area contributed by atoms with Gasteiger partial charge in [0.05, 0.1) is 7.11 Å². The summed E-state index contributed by atoms with van der Waals surface area (Å²) < 4.78 is 5.39. The van der Waals surface area contributed by atoms with Crippen LogP contribution in [-0.2, 0) is 6.42 Å². The van der Waals surface area contributed by atoms with Crippen molar-refractivity contribution in [2.75, 3.05) is 7.11 Å². The van der Waals surface area contributed by atoms with E-state index >= 15 is 0 Å². The van der Waals surface area contributed by atoms with Crippen molar-refractivity contribution < 1.29 is 4.74 Å². The van der Waals surface area contributed by atoms with Crippen LogP contribution in [0.5, 0.6) is 5.75 Å². The van der Waals surface area contributed by atoms with Crippen LogP contribution in [0.3, 0.4) is 0 Å². The molecule has 90 valence electrons. The highest BCUT2D eigenvalue weighted by Crippen LogP contribution is 2.28. The molecule has 0 bridgehead atoms. The summed E-state index contributed by atoms with van der Waals surface area (Å²) in [5, 5.41) is 2.08. The van der Waals surface area contributed by atoms with E-state index in [0.29, 0.717) is 0 Å². The molecule has 0 radical (unpaired) electrons. The average Bonchev–Trinajstić information content (AvgIpc) is 2.81. The summed E-state index contributed by atoms with van der Waals surface area (Å²) in [6, 6.07) is 10.3. The summed E-state index contributed by atoms with van der Waals surface area (Å²) in [6.45, 7) is 2.05. The molecule has 0 aliphatic carbocycles. The van der Waals surface area contributed by atoms with Gasteiger partial charge in [0.15, 0.2) is 0 Å². The first-order valence-corrected chi connectivity index (χ1v) is 6.51. The smallest absolute Gasteiger partial charge is 0.123 e. The number of aryl methyl sites for hydroxylation is 1. The Hall–Kier alpha value is -1.32. The van der Waals surface area contributed by atoms with E-state index in [1.807, 2.05) is 6.07 Å². The fourth-order valence-corrected chi connectivity index (χ4v) is 2.64. The van der Waals surface area contributed by atoms with Gasteiger partial charge in [0.2, 0.25) is 0 Å². The van der Waals surface area contributed by atoms with Gasteiger partial charge in [-0.2, -0.15) is 0 Å². The van der Waals surface area contributed by atoms with Crippen molar-refractivity contribution in [2.45, 2.75) is 19.4 Å². The first-order valence-electron chi connectivity index (χ1n) is 5.63. The van der Waals surface area contributed by atoms with Crippen LogP contribution in [0.15, 0.2) is 35.7 Å². The quantitative estimate of drug-likeness (QED) is 0.899. The van der Waals surface area contributed by atoms with Gasteiger partial charge in [-0.15, -0.1) is 11.3 Å². The minimum Gasteiger partial charge on any atom is -0.496 e. The van der Waals surface area contributed by atoms with E-state index in [2.05, 4.69) is 36.6 Å². The zero-order valence-corrected chi connectivity index (χ0v) is 11.0. The molecule has 0 saturated heterocycles. The highest BCUT2D eigenvalue weighted by Gasteiger charge is 2.13. The van der Waals surface area contributed by atoms with Gasteiger partial charge < -0.3 is 10.5 Å². The Morgan fingerprint density at radius 2 is 2.18 bits per heavy atom. The van der Waals surface area contributed by atoms with Gasteiger partial charge in [0.1, 0.15) is 5.75 Å². The molecule has 0 saturated carbocycles. The molecule has 17 heavy (non-hydrogen) atoms. The molecule has 2 nitrogen and oxygen atoms in total. The number of methoxy groups -OCH3 is 1. The molecule has 0 fully saturated rings. The van der Waals surface area contributed by atoms with Crippen molar-refractivity contribution >= 4 is 11.3 Å².